The fraction of sp³-hybridized carbons (Fsp3) is 0.100. The Morgan fingerprint density at radius 1 is 1.50 bits per heavy atom. The molecule has 1 aromatic carbocycles. The molecule has 72 valence electrons. The van der Waals surface area contributed by atoms with Crippen molar-refractivity contribution in [1.82, 2.24) is 0 Å². The minimum atomic E-state index is -1.03. The molecule has 1 aromatic rings. The molecule has 0 amide bonds. The number of rotatable bonds is 1. The van der Waals surface area contributed by atoms with Crippen molar-refractivity contribution in [3.63, 3.8) is 0 Å². The molecule has 4 heteroatoms. The van der Waals surface area contributed by atoms with E-state index in [1.807, 2.05) is 0 Å². The average Bonchev–Trinajstić information content (AvgIpc) is 2.14. The fourth-order valence-electron chi connectivity index (χ4n) is 0.935. The summed E-state index contributed by atoms with van der Waals surface area (Å²) in [5, 5.41) is 9.26. The van der Waals surface area contributed by atoms with Gasteiger partial charge >= 0.3 is 5.97 Å². The fourth-order valence-corrected chi connectivity index (χ4v) is 1.17. The van der Waals surface area contributed by atoms with E-state index in [9.17, 15) is 4.79 Å². The highest BCUT2D eigenvalue weighted by Gasteiger charge is 2.07. The van der Waals surface area contributed by atoms with Gasteiger partial charge in [0, 0.05) is 10.6 Å². The third kappa shape index (κ3) is 2.66. The third-order valence-corrected chi connectivity index (χ3v) is 1.87. The van der Waals surface area contributed by atoms with E-state index in [0.717, 1.165) is 0 Å². The van der Waals surface area contributed by atoms with E-state index in [4.69, 9.17) is 28.3 Å². The number of aromatic carboxylic acids is 1. The van der Waals surface area contributed by atoms with Gasteiger partial charge in [-0.3, -0.25) is 0 Å². The number of carboxylic acid groups (broad SMARTS) is 1. The van der Waals surface area contributed by atoms with Crippen molar-refractivity contribution in [2.45, 2.75) is 0 Å². The number of halogens is 2. The Morgan fingerprint density at radius 3 is 2.79 bits per heavy atom. The molecule has 0 radical (unpaired) electrons. The molecule has 0 atom stereocenters. The second kappa shape index (κ2) is 4.90. The second-order valence-electron chi connectivity index (χ2n) is 2.43. The average molecular weight is 229 g/mol. The van der Waals surface area contributed by atoms with E-state index < -0.39 is 5.97 Å². The van der Waals surface area contributed by atoms with Crippen LogP contribution in [0.15, 0.2) is 18.2 Å². The summed E-state index contributed by atoms with van der Waals surface area (Å²) in [4.78, 5) is 10.8. The van der Waals surface area contributed by atoms with Crippen LogP contribution in [0.5, 0.6) is 0 Å². The number of carboxylic acids is 1. The topological polar surface area (TPSA) is 37.3 Å². The monoisotopic (exact) mass is 228 g/mol. The van der Waals surface area contributed by atoms with Crippen molar-refractivity contribution in [3.8, 4) is 11.8 Å². The highest BCUT2D eigenvalue weighted by atomic mass is 35.5. The van der Waals surface area contributed by atoms with Gasteiger partial charge < -0.3 is 5.11 Å². The lowest BCUT2D eigenvalue weighted by molar-refractivity contribution is 0.0696. The molecule has 1 rings (SSSR count). The number of carbonyl (C=O) groups is 1. The van der Waals surface area contributed by atoms with Crippen LogP contribution in [0.2, 0.25) is 5.02 Å². The number of hydrogen-bond donors (Lipinski definition) is 1. The first-order valence-electron chi connectivity index (χ1n) is 3.73. The zero-order valence-corrected chi connectivity index (χ0v) is 8.56. The first kappa shape index (κ1) is 10.9. The summed E-state index contributed by atoms with van der Waals surface area (Å²) < 4.78 is 0. The number of hydrogen-bond acceptors (Lipinski definition) is 1. The smallest absolute Gasteiger partial charge is 0.336 e. The predicted molar refractivity (Wildman–Crippen MR) is 56.0 cm³/mol. The standard InChI is InChI=1S/C10H6Cl2O2/c11-5-1-2-7-6-8(12)3-4-9(7)10(13)14/h3-4,6H,5H2,(H,13,14). The van der Waals surface area contributed by atoms with Crippen LogP contribution in [0.1, 0.15) is 15.9 Å². The molecule has 0 aromatic heterocycles. The second-order valence-corrected chi connectivity index (χ2v) is 3.13. The number of benzene rings is 1. The van der Waals surface area contributed by atoms with Gasteiger partial charge in [0.2, 0.25) is 0 Å². The molecular formula is C10H6Cl2O2. The maximum absolute atomic E-state index is 10.8. The zero-order chi connectivity index (χ0) is 10.6. The molecule has 1 N–H and O–H groups in total. The van der Waals surface area contributed by atoms with Crippen LogP contribution in [-0.2, 0) is 0 Å². The van der Waals surface area contributed by atoms with Crippen molar-refractivity contribution < 1.29 is 9.90 Å². The van der Waals surface area contributed by atoms with E-state index in [1.54, 1.807) is 0 Å². The molecule has 0 fully saturated rings. The lowest BCUT2D eigenvalue weighted by Gasteiger charge is -1.98. The Balaban J connectivity index is 3.22. The van der Waals surface area contributed by atoms with Gasteiger partial charge in [-0.05, 0) is 18.2 Å². The van der Waals surface area contributed by atoms with Gasteiger partial charge in [0.25, 0.3) is 0 Å². The van der Waals surface area contributed by atoms with Crippen molar-refractivity contribution in [3.05, 3.63) is 34.3 Å². The van der Waals surface area contributed by atoms with Crippen LogP contribution in [0, 0.1) is 11.8 Å². The summed E-state index contributed by atoms with van der Waals surface area (Å²) in [6.45, 7) is 0. The van der Waals surface area contributed by atoms with E-state index in [1.165, 1.54) is 18.2 Å². The lowest BCUT2D eigenvalue weighted by Crippen LogP contribution is -1.99. The van der Waals surface area contributed by atoms with Crippen LogP contribution in [0.4, 0.5) is 0 Å². The summed E-state index contributed by atoms with van der Waals surface area (Å²) >= 11 is 11.1. The SMILES string of the molecule is O=C(O)c1ccc(Cl)cc1C#CCCl. The molecule has 0 aliphatic rings. The Hall–Kier alpha value is -1.17. The van der Waals surface area contributed by atoms with Crippen molar-refractivity contribution in [1.29, 1.82) is 0 Å². The predicted octanol–water partition coefficient (Wildman–Crippen LogP) is 2.63. The molecule has 0 bridgehead atoms. The lowest BCUT2D eigenvalue weighted by atomic mass is 10.1. The molecule has 0 saturated carbocycles. The number of alkyl halides is 1. The van der Waals surface area contributed by atoms with Gasteiger partial charge in [-0.25, -0.2) is 4.79 Å². The largest absolute Gasteiger partial charge is 0.478 e. The van der Waals surface area contributed by atoms with Gasteiger partial charge in [-0.1, -0.05) is 23.4 Å². The van der Waals surface area contributed by atoms with Gasteiger partial charge in [0.1, 0.15) is 0 Å². The minimum Gasteiger partial charge on any atom is -0.478 e. The Morgan fingerprint density at radius 2 is 2.21 bits per heavy atom. The summed E-state index contributed by atoms with van der Waals surface area (Å²) in [7, 11) is 0. The molecule has 2 nitrogen and oxygen atoms in total. The molecule has 0 aliphatic heterocycles. The summed E-state index contributed by atoms with van der Waals surface area (Å²) in [5.41, 5.74) is 0.512. The summed E-state index contributed by atoms with van der Waals surface area (Å²) in [6, 6.07) is 4.43. The van der Waals surface area contributed by atoms with Crippen LogP contribution < -0.4 is 0 Å². The quantitative estimate of drug-likeness (QED) is 0.593. The Labute approximate surface area is 91.5 Å². The van der Waals surface area contributed by atoms with Gasteiger partial charge in [0.05, 0.1) is 11.4 Å². The molecular weight excluding hydrogens is 223 g/mol. The van der Waals surface area contributed by atoms with Crippen LogP contribution in [0.25, 0.3) is 0 Å². The Bertz CT molecular complexity index is 416. The summed E-state index contributed by atoms with van der Waals surface area (Å²) in [5.74, 6) is 4.35. The highest BCUT2D eigenvalue weighted by molar-refractivity contribution is 6.30. The maximum atomic E-state index is 10.8. The van der Waals surface area contributed by atoms with Crippen molar-refractivity contribution in [2.75, 3.05) is 5.88 Å². The minimum absolute atomic E-state index is 0.131. The van der Waals surface area contributed by atoms with E-state index >= 15 is 0 Å². The van der Waals surface area contributed by atoms with Gasteiger partial charge in [0.15, 0.2) is 0 Å². The van der Waals surface area contributed by atoms with Gasteiger partial charge in [-0.15, -0.1) is 11.6 Å². The third-order valence-electron chi connectivity index (χ3n) is 1.50. The van der Waals surface area contributed by atoms with Crippen molar-refractivity contribution in [2.24, 2.45) is 0 Å². The van der Waals surface area contributed by atoms with E-state index in [2.05, 4.69) is 11.8 Å². The van der Waals surface area contributed by atoms with Crippen molar-refractivity contribution >= 4 is 29.2 Å². The molecule has 0 spiro atoms. The zero-order valence-electron chi connectivity index (χ0n) is 7.05. The molecule has 0 heterocycles. The first-order chi connectivity index (χ1) is 6.65. The highest BCUT2D eigenvalue weighted by Crippen LogP contribution is 2.15. The van der Waals surface area contributed by atoms with E-state index in [0.29, 0.717) is 10.6 Å². The Kier molecular flexibility index (Phi) is 3.82. The summed E-state index contributed by atoms with van der Waals surface area (Å²) in [6.07, 6.45) is 0. The molecule has 0 saturated heterocycles. The molecule has 14 heavy (non-hydrogen) atoms. The maximum Gasteiger partial charge on any atom is 0.336 e. The van der Waals surface area contributed by atoms with Crippen LogP contribution in [0.3, 0.4) is 0 Å². The molecule has 0 unspecified atom stereocenters. The first-order valence-corrected chi connectivity index (χ1v) is 4.64. The normalized spacial score (nSPS) is 9.00. The van der Waals surface area contributed by atoms with Crippen LogP contribution in [-0.4, -0.2) is 17.0 Å². The van der Waals surface area contributed by atoms with Gasteiger partial charge in [-0.2, -0.15) is 0 Å². The molecule has 0 aliphatic carbocycles. The van der Waals surface area contributed by atoms with E-state index in [-0.39, 0.29) is 11.4 Å². The van der Waals surface area contributed by atoms with Crippen LogP contribution >= 0.6 is 23.2 Å².